The van der Waals surface area contributed by atoms with Crippen LogP contribution in [0.15, 0.2) is 48.2 Å². The molecule has 88 valence electrons. The summed E-state index contributed by atoms with van der Waals surface area (Å²) in [5, 5.41) is 0.425. The number of hydrogen-bond donors (Lipinski definition) is 0. The third-order valence-electron chi connectivity index (χ3n) is 3.05. The van der Waals surface area contributed by atoms with Gasteiger partial charge in [-0.2, -0.15) is 0 Å². The van der Waals surface area contributed by atoms with Crippen molar-refractivity contribution in [2.24, 2.45) is 0 Å². The second kappa shape index (κ2) is 4.39. The Hall–Kier alpha value is -1.93. The molecule has 0 atom stereocenters. The van der Waals surface area contributed by atoms with Crippen LogP contribution < -0.4 is 0 Å². The van der Waals surface area contributed by atoms with Crippen LogP contribution in [-0.2, 0) is 6.42 Å². The number of benzene rings is 1. The van der Waals surface area contributed by atoms with E-state index in [1.165, 1.54) is 0 Å². The van der Waals surface area contributed by atoms with E-state index in [-0.39, 0.29) is 5.78 Å². The molecule has 0 saturated heterocycles. The van der Waals surface area contributed by atoms with Gasteiger partial charge in [0.05, 0.1) is 0 Å². The number of Topliss-reactive ketones (excluding diaryl/α,β-unsaturated/α-hetero) is 1. The van der Waals surface area contributed by atoms with E-state index in [9.17, 15) is 4.79 Å². The number of rotatable bonds is 1. The number of aromatic nitrogens is 1. The fraction of sp³-hybridized carbons (Fsp3) is 0.0667. The Labute approximate surface area is 110 Å². The van der Waals surface area contributed by atoms with E-state index < -0.39 is 0 Å². The zero-order chi connectivity index (χ0) is 12.5. The summed E-state index contributed by atoms with van der Waals surface area (Å²) in [5.74, 6) is 0.0884. The van der Waals surface area contributed by atoms with E-state index in [1.54, 1.807) is 6.20 Å². The number of hydrogen-bond acceptors (Lipinski definition) is 2. The van der Waals surface area contributed by atoms with Crippen molar-refractivity contribution >= 4 is 23.5 Å². The minimum absolute atomic E-state index is 0.0884. The first-order valence-electron chi connectivity index (χ1n) is 5.69. The number of fused-ring (bicyclic) bond motifs is 1. The Morgan fingerprint density at radius 3 is 2.78 bits per heavy atom. The van der Waals surface area contributed by atoms with E-state index in [2.05, 4.69) is 4.98 Å². The number of ketones is 1. The molecule has 2 nitrogen and oxygen atoms in total. The van der Waals surface area contributed by atoms with Crippen LogP contribution in [0.5, 0.6) is 0 Å². The fourth-order valence-corrected chi connectivity index (χ4v) is 2.34. The third-order valence-corrected chi connectivity index (χ3v) is 3.37. The summed E-state index contributed by atoms with van der Waals surface area (Å²) in [6.45, 7) is 0. The maximum absolute atomic E-state index is 12.2. The lowest BCUT2D eigenvalue weighted by Gasteiger charge is -1.98. The average molecular weight is 256 g/mol. The molecule has 1 aromatic carbocycles. The van der Waals surface area contributed by atoms with Crippen LogP contribution in [0.4, 0.5) is 0 Å². The second-order valence-electron chi connectivity index (χ2n) is 4.22. The lowest BCUT2D eigenvalue weighted by atomic mass is 10.1. The standard InChI is InChI=1S/C15H10ClNO/c16-15-11(5-3-7-17-15)9-12-8-10-4-1-2-6-13(10)14(12)18/h1-7,9H,8H2/b12-9+. The summed E-state index contributed by atoms with van der Waals surface area (Å²) in [5.41, 5.74) is 3.43. The highest BCUT2D eigenvalue weighted by Crippen LogP contribution is 2.28. The van der Waals surface area contributed by atoms with Crippen LogP contribution in [0.2, 0.25) is 5.15 Å². The maximum atomic E-state index is 12.2. The van der Waals surface area contributed by atoms with Gasteiger partial charge in [-0.05, 0) is 17.7 Å². The Morgan fingerprint density at radius 1 is 1.17 bits per heavy atom. The highest BCUT2D eigenvalue weighted by molar-refractivity contribution is 6.31. The smallest absolute Gasteiger partial charge is 0.189 e. The Balaban J connectivity index is 2.02. The molecule has 0 unspecified atom stereocenters. The first-order valence-corrected chi connectivity index (χ1v) is 6.07. The monoisotopic (exact) mass is 255 g/mol. The number of carbonyl (C=O) groups is 1. The van der Waals surface area contributed by atoms with Crippen molar-refractivity contribution < 1.29 is 4.79 Å². The van der Waals surface area contributed by atoms with Crippen molar-refractivity contribution in [1.82, 2.24) is 4.98 Å². The van der Waals surface area contributed by atoms with Crippen molar-refractivity contribution in [3.05, 3.63) is 70.0 Å². The van der Waals surface area contributed by atoms with Gasteiger partial charge in [-0.1, -0.05) is 41.9 Å². The van der Waals surface area contributed by atoms with Gasteiger partial charge in [-0.15, -0.1) is 0 Å². The summed E-state index contributed by atoms with van der Waals surface area (Å²) in [6.07, 6.45) is 4.13. The van der Waals surface area contributed by atoms with Gasteiger partial charge < -0.3 is 0 Å². The summed E-state index contributed by atoms with van der Waals surface area (Å²) in [6, 6.07) is 11.4. The largest absolute Gasteiger partial charge is 0.289 e. The van der Waals surface area contributed by atoms with Gasteiger partial charge in [-0.3, -0.25) is 4.79 Å². The molecule has 1 aliphatic rings. The Kier molecular flexibility index (Phi) is 2.73. The Bertz CT molecular complexity index is 661. The molecule has 0 radical (unpaired) electrons. The number of halogens is 1. The molecule has 0 N–H and O–H groups in total. The van der Waals surface area contributed by atoms with Crippen molar-refractivity contribution in [1.29, 1.82) is 0 Å². The molecule has 0 saturated carbocycles. The normalized spacial score (nSPS) is 16.1. The van der Waals surface area contributed by atoms with Gasteiger partial charge in [0.2, 0.25) is 0 Å². The molecule has 1 heterocycles. The first kappa shape index (κ1) is 11.2. The van der Waals surface area contributed by atoms with E-state index in [0.717, 1.165) is 22.3 Å². The van der Waals surface area contributed by atoms with Gasteiger partial charge in [0.15, 0.2) is 5.78 Å². The van der Waals surface area contributed by atoms with Crippen LogP contribution in [0.25, 0.3) is 6.08 Å². The predicted octanol–water partition coefficient (Wildman–Crippen LogP) is 3.56. The second-order valence-corrected chi connectivity index (χ2v) is 4.57. The molecule has 0 aliphatic heterocycles. The third kappa shape index (κ3) is 1.85. The number of allylic oxidation sites excluding steroid dienone is 1. The molecule has 1 aliphatic carbocycles. The summed E-state index contributed by atoms with van der Waals surface area (Å²) < 4.78 is 0. The van der Waals surface area contributed by atoms with Gasteiger partial charge in [0.25, 0.3) is 0 Å². The van der Waals surface area contributed by atoms with E-state index >= 15 is 0 Å². The fourth-order valence-electron chi connectivity index (χ4n) is 2.16. The molecule has 3 rings (SSSR count). The van der Waals surface area contributed by atoms with Crippen LogP contribution in [0.1, 0.15) is 21.5 Å². The zero-order valence-corrected chi connectivity index (χ0v) is 10.3. The van der Waals surface area contributed by atoms with Gasteiger partial charge in [-0.25, -0.2) is 4.98 Å². The van der Waals surface area contributed by atoms with Crippen LogP contribution in [0, 0.1) is 0 Å². The topological polar surface area (TPSA) is 30.0 Å². The van der Waals surface area contributed by atoms with E-state index in [1.807, 2.05) is 42.5 Å². The molecule has 0 bridgehead atoms. The highest BCUT2D eigenvalue weighted by Gasteiger charge is 2.24. The number of nitrogens with zero attached hydrogens (tertiary/aromatic N) is 1. The van der Waals surface area contributed by atoms with Crippen molar-refractivity contribution in [3.63, 3.8) is 0 Å². The summed E-state index contributed by atoms with van der Waals surface area (Å²) in [4.78, 5) is 16.2. The van der Waals surface area contributed by atoms with E-state index in [0.29, 0.717) is 11.6 Å². The molecule has 18 heavy (non-hydrogen) atoms. The van der Waals surface area contributed by atoms with Gasteiger partial charge in [0, 0.05) is 29.3 Å². The minimum atomic E-state index is 0.0884. The number of pyridine rings is 1. The molecule has 0 amide bonds. The quantitative estimate of drug-likeness (QED) is 0.576. The lowest BCUT2D eigenvalue weighted by Crippen LogP contribution is -1.95. The summed E-state index contributed by atoms with van der Waals surface area (Å²) in [7, 11) is 0. The van der Waals surface area contributed by atoms with Crippen LogP contribution in [-0.4, -0.2) is 10.8 Å². The predicted molar refractivity (Wildman–Crippen MR) is 71.7 cm³/mol. The molecule has 1 aromatic heterocycles. The molecule has 0 spiro atoms. The summed E-state index contributed by atoms with van der Waals surface area (Å²) >= 11 is 5.99. The van der Waals surface area contributed by atoms with Crippen molar-refractivity contribution in [3.8, 4) is 0 Å². The van der Waals surface area contributed by atoms with Crippen LogP contribution >= 0.6 is 11.6 Å². The maximum Gasteiger partial charge on any atom is 0.189 e. The van der Waals surface area contributed by atoms with Crippen molar-refractivity contribution in [2.75, 3.05) is 0 Å². The minimum Gasteiger partial charge on any atom is -0.289 e. The lowest BCUT2D eigenvalue weighted by molar-refractivity contribution is 0.104. The van der Waals surface area contributed by atoms with Gasteiger partial charge >= 0.3 is 0 Å². The van der Waals surface area contributed by atoms with Gasteiger partial charge in [0.1, 0.15) is 5.15 Å². The van der Waals surface area contributed by atoms with E-state index in [4.69, 9.17) is 11.6 Å². The number of carbonyl (C=O) groups excluding carboxylic acids is 1. The first-order chi connectivity index (χ1) is 8.75. The highest BCUT2D eigenvalue weighted by atomic mass is 35.5. The van der Waals surface area contributed by atoms with Crippen LogP contribution in [0.3, 0.4) is 0 Å². The molecule has 3 heteroatoms. The zero-order valence-electron chi connectivity index (χ0n) is 9.56. The molecule has 0 fully saturated rings. The molecular weight excluding hydrogens is 246 g/mol. The Morgan fingerprint density at radius 2 is 2.00 bits per heavy atom. The van der Waals surface area contributed by atoms with Crippen molar-refractivity contribution in [2.45, 2.75) is 6.42 Å². The molecular formula is C15H10ClNO. The molecule has 2 aromatic rings. The average Bonchev–Trinajstić information content (AvgIpc) is 2.70. The SMILES string of the molecule is O=C1/C(=C/c2cccnc2Cl)Cc2ccccc21.